The highest BCUT2D eigenvalue weighted by Crippen LogP contribution is 2.18. The van der Waals surface area contributed by atoms with E-state index in [9.17, 15) is 0 Å². The van der Waals surface area contributed by atoms with Crippen LogP contribution in [0.25, 0.3) is 0 Å². The Hall–Kier alpha value is -0.0831. The molecule has 1 nitrogen and oxygen atoms in total. The van der Waals surface area contributed by atoms with Crippen molar-refractivity contribution in [3.8, 4) is 0 Å². The van der Waals surface area contributed by atoms with Gasteiger partial charge in [0.25, 0.3) is 0 Å². The van der Waals surface area contributed by atoms with E-state index in [1.54, 1.807) is 5.20 Å². The van der Waals surface area contributed by atoms with E-state index in [4.69, 9.17) is 4.43 Å². The van der Waals surface area contributed by atoms with E-state index in [0.717, 1.165) is 6.61 Å². The quantitative estimate of drug-likeness (QED) is 0.378. The van der Waals surface area contributed by atoms with Gasteiger partial charge in [0.05, 0.1) is 0 Å². The molecule has 1 heterocycles. The fourth-order valence-electron chi connectivity index (χ4n) is 2.84. The van der Waals surface area contributed by atoms with Crippen LogP contribution in [-0.4, -0.2) is 15.6 Å². The second-order valence-electron chi connectivity index (χ2n) is 6.07. The highest BCUT2D eigenvalue weighted by Gasteiger charge is 2.17. The maximum Gasteiger partial charge on any atom is 0.203 e. The van der Waals surface area contributed by atoms with Crippen LogP contribution >= 0.6 is 0 Å². The zero-order valence-corrected chi connectivity index (χ0v) is 14.4. The molecule has 2 heteroatoms. The Morgan fingerprint density at radius 3 is 2.32 bits per heavy atom. The molecule has 19 heavy (non-hydrogen) atoms. The second kappa shape index (κ2) is 11.7. The average Bonchev–Trinajstić information content (AvgIpc) is 2.46. The van der Waals surface area contributed by atoms with Crippen molar-refractivity contribution in [1.29, 1.82) is 0 Å². The minimum atomic E-state index is -0.937. The van der Waals surface area contributed by atoms with Gasteiger partial charge >= 0.3 is 0 Å². The van der Waals surface area contributed by atoms with Crippen LogP contribution in [0.2, 0.25) is 6.04 Å². The van der Waals surface area contributed by atoms with Gasteiger partial charge in [0.2, 0.25) is 9.04 Å². The van der Waals surface area contributed by atoms with Crippen molar-refractivity contribution < 1.29 is 4.43 Å². The van der Waals surface area contributed by atoms with Crippen LogP contribution in [0, 0.1) is 0 Å². The van der Waals surface area contributed by atoms with Crippen LogP contribution in [-0.2, 0) is 4.43 Å². The topological polar surface area (TPSA) is 9.23 Å². The Morgan fingerprint density at radius 2 is 1.68 bits per heavy atom. The zero-order valence-electron chi connectivity index (χ0n) is 13.3. The fourth-order valence-corrected chi connectivity index (χ4v) is 5.26. The van der Waals surface area contributed by atoms with Gasteiger partial charge in [0.1, 0.15) is 0 Å². The molecule has 0 amide bonds. The molecular weight excluding hydrogens is 248 g/mol. The van der Waals surface area contributed by atoms with Gasteiger partial charge in [0, 0.05) is 6.61 Å². The van der Waals surface area contributed by atoms with Gasteiger partial charge in [-0.05, 0) is 32.2 Å². The van der Waals surface area contributed by atoms with E-state index < -0.39 is 9.04 Å². The van der Waals surface area contributed by atoms with E-state index in [0.29, 0.717) is 0 Å². The Kier molecular flexibility index (Phi) is 10.5. The number of hydrogen-bond donors (Lipinski definition) is 0. The molecule has 0 radical (unpaired) electrons. The van der Waals surface area contributed by atoms with E-state index in [1.165, 1.54) is 76.7 Å². The summed E-state index contributed by atoms with van der Waals surface area (Å²) in [6, 6.07) is 1.37. The van der Waals surface area contributed by atoms with Gasteiger partial charge < -0.3 is 4.43 Å². The summed E-state index contributed by atoms with van der Waals surface area (Å²) in [5.74, 6) is 0. The van der Waals surface area contributed by atoms with Crippen molar-refractivity contribution in [3.63, 3.8) is 0 Å². The molecule has 1 fully saturated rings. The van der Waals surface area contributed by atoms with Crippen LogP contribution in [0.5, 0.6) is 0 Å². The molecular formula is C17H34OSi. The molecule has 1 unspecified atom stereocenters. The molecule has 0 aromatic heterocycles. The van der Waals surface area contributed by atoms with Gasteiger partial charge in [-0.3, -0.25) is 0 Å². The number of unbranched alkanes of at least 4 members (excludes halogenated alkanes) is 8. The standard InChI is InChI=1S/C17H34OSi/c1-3-4-5-6-7-8-9-10-11-14-17(2)19-16-13-12-15-18-19/h14,19H,3-13,15-16H2,1-2H3. The van der Waals surface area contributed by atoms with Gasteiger partial charge in [-0.25, -0.2) is 0 Å². The first-order valence-corrected chi connectivity index (χ1v) is 10.5. The third-order valence-corrected chi connectivity index (χ3v) is 7.03. The Balaban J connectivity index is 1.94. The summed E-state index contributed by atoms with van der Waals surface area (Å²) in [6.45, 7) is 5.63. The second-order valence-corrected chi connectivity index (χ2v) is 8.87. The minimum absolute atomic E-state index is 0.937. The lowest BCUT2D eigenvalue weighted by atomic mass is 10.1. The number of hydrogen-bond acceptors (Lipinski definition) is 1. The lowest BCUT2D eigenvalue weighted by Crippen LogP contribution is -2.24. The van der Waals surface area contributed by atoms with Crippen molar-refractivity contribution in [2.45, 2.75) is 90.5 Å². The Labute approximate surface area is 122 Å². The normalized spacial score (nSPS) is 20.7. The lowest BCUT2D eigenvalue weighted by Gasteiger charge is -2.21. The highest BCUT2D eigenvalue weighted by molar-refractivity contribution is 6.60. The molecule has 0 spiro atoms. The SMILES string of the molecule is CCCCCCCCCCC=C(C)[SiH]1CCCCO1. The summed E-state index contributed by atoms with van der Waals surface area (Å²) in [5.41, 5.74) is 0. The van der Waals surface area contributed by atoms with Crippen LogP contribution in [0.3, 0.4) is 0 Å². The van der Waals surface area contributed by atoms with E-state index in [2.05, 4.69) is 19.9 Å². The smallest absolute Gasteiger partial charge is 0.203 e. The van der Waals surface area contributed by atoms with Gasteiger partial charge in [-0.2, -0.15) is 0 Å². The molecule has 1 rings (SSSR count). The molecule has 0 saturated carbocycles. The summed E-state index contributed by atoms with van der Waals surface area (Å²) < 4.78 is 5.94. The molecule has 1 atom stereocenters. The van der Waals surface area contributed by atoms with Crippen molar-refractivity contribution in [2.75, 3.05) is 6.61 Å². The van der Waals surface area contributed by atoms with Crippen molar-refractivity contribution in [3.05, 3.63) is 11.3 Å². The third-order valence-electron chi connectivity index (χ3n) is 4.21. The fraction of sp³-hybridized carbons (Fsp3) is 0.882. The lowest BCUT2D eigenvalue weighted by molar-refractivity contribution is 0.292. The molecule has 1 aliphatic rings. The molecule has 1 aliphatic heterocycles. The Morgan fingerprint density at radius 1 is 1.00 bits per heavy atom. The van der Waals surface area contributed by atoms with Crippen molar-refractivity contribution in [1.82, 2.24) is 0 Å². The monoisotopic (exact) mass is 282 g/mol. The van der Waals surface area contributed by atoms with E-state index in [1.807, 2.05) is 0 Å². The maximum absolute atomic E-state index is 5.94. The minimum Gasteiger partial charge on any atom is -0.416 e. The first-order valence-electron chi connectivity index (χ1n) is 8.63. The molecule has 1 saturated heterocycles. The van der Waals surface area contributed by atoms with Crippen LogP contribution in [0.1, 0.15) is 84.5 Å². The molecule has 0 aromatic rings. The van der Waals surface area contributed by atoms with Gasteiger partial charge in [-0.15, -0.1) is 0 Å². The van der Waals surface area contributed by atoms with Gasteiger partial charge in [0.15, 0.2) is 0 Å². The zero-order chi connectivity index (χ0) is 13.8. The predicted molar refractivity (Wildman–Crippen MR) is 88.1 cm³/mol. The molecule has 0 bridgehead atoms. The molecule has 0 aromatic carbocycles. The largest absolute Gasteiger partial charge is 0.416 e. The van der Waals surface area contributed by atoms with Crippen LogP contribution < -0.4 is 0 Å². The summed E-state index contributed by atoms with van der Waals surface area (Å²) in [7, 11) is -0.937. The molecule has 0 aliphatic carbocycles. The average molecular weight is 283 g/mol. The number of allylic oxidation sites excluding steroid dienone is 2. The van der Waals surface area contributed by atoms with Crippen LogP contribution in [0.15, 0.2) is 11.3 Å². The third kappa shape index (κ3) is 8.64. The van der Waals surface area contributed by atoms with E-state index in [-0.39, 0.29) is 0 Å². The Bertz CT molecular complexity index is 231. The van der Waals surface area contributed by atoms with Crippen molar-refractivity contribution in [2.24, 2.45) is 0 Å². The van der Waals surface area contributed by atoms with Gasteiger partial charge in [-0.1, -0.05) is 69.6 Å². The first kappa shape index (κ1) is 17.0. The molecule has 112 valence electrons. The summed E-state index contributed by atoms with van der Waals surface area (Å²) in [6.07, 6.45) is 17.8. The van der Waals surface area contributed by atoms with Crippen LogP contribution in [0.4, 0.5) is 0 Å². The van der Waals surface area contributed by atoms with E-state index >= 15 is 0 Å². The number of rotatable bonds is 10. The molecule has 0 N–H and O–H groups in total. The van der Waals surface area contributed by atoms with Crippen molar-refractivity contribution >= 4 is 9.04 Å². The summed E-state index contributed by atoms with van der Waals surface area (Å²) >= 11 is 0. The predicted octanol–water partition coefficient (Wildman–Crippen LogP) is 5.54. The summed E-state index contributed by atoms with van der Waals surface area (Å²) in [4.78, 5) is 0. The maximum atomic E-state index is 5.94. The first-order chi connectivity index (χ1) is 9.34. The highest BCUT2D eigenvalue weighted by atomic mass is 28.3. The summed E-state index contributed by atoms with van der Waals surface area (Å²) in [5, 5.41) is 1.61.